The molecule has 2 aromatic carbocycles. The lowest BCUT2D eigenvalue weighted by atomic mass is 10.1. The normalized spacial score (nSPS) is 15.1. The van der Waals surface area contributed by atoms with Crippen molar-refractivity contribution in [3.05, 3.63) is 66.5 Å². The van der Waals surface area contributed by atoms with Crippen LogP contribution in [0.3, 0.4) is 0 Å². The van der Waals surface area contributed by atoms with E-state index in [2.05, 4.69) is 38.8 Å². The highest BCUT2D eigenvalue weighted by atomic mass is 16.7. The van der Waals surface area contributed by atoms with Crippen LogP contribution in [0.2, 0.25) is 0 Å². The minimum atomic E-state index is -0.505. The summed E-state index contributed by atoms with van der Waals surface area (Å²) in [6.07, 6.45) is 2.97. The molecule has 0 aliphatic carbocycles. The third-order valence-corrected chi connectivity index (χ3v) is 6.02. The topological polar surface area (TPSA) is 91.5 Å². The summed E-state index contributed by atoms with van der Waals surface area (Å²) in [6, 6.07) is 18.2. The Morgan fingerprint density at radius 3 is 2.82 bits per heavy atom. The number of fused-ring (bicyclic) bond motifs is 2. The quantitative estimate of drug-likeness (QED) is 0.406. The number of hydrogen-bond acceptors (Lipinski definition) is 6. The number of hydroxylamine groups is 2. The third kappa shape index (κ3) is 4.92. The highest BCUT2D eigenvalue weighted by molar-refractivity contribution is 5.98. The van der Waals surface area contributed by atoms with Gasteiger partial charge in [-0.3, -0.25) is 10.3 Å². The lowest BCUT2D eigenvalue weighted by Crippen LogP contribution is -2.43. The number of amides is 1. The average Bonchev–Trinajstić information content (AvgIpc) is 3.26. The number of pyridine rings is 1. The first-order chi connectivity index (χ1) is 16.2. The second-order valence-electron chi connectivity index (χ2n) is 8.21. The standard InChI is InChI=1S/C25H27N5O3/c1-32-20-6-7-23-21(15-20)24(8-11-26-23)29-25(31)33-30-12-9-18(10-13-30)27-16-19-14-17-4-2-3-5-22(17)28-19/h2-8,11,14-15,18,27-28H,9-10,12-13,16H2,1H3,(H,26,29,31). The van der Waals surface area contributed by atoms with Crippen molar-refractivity contribution < 1.29 is 14.4 Å². The number of hydrogen-bond donors (Lipinski definition) is 3. The Labute approximate surface area is 191 Å². The van der Waals surface area contributed by atoms with E-state index < -0.39 is 6.09 Å². The van der Waals surface area contributed by atoms with E-state index in [0.29, 0.717) is 30.6 Å². The molecule has 4 aromatic rings. The molecule has 2 aromatic heterocycles. The zero-order valence-electron chi connectivity index (χ0n) is 18.5. The lowest BCUT2D eigenvalue weighted by molar-refractivity contribution is -0.109. The van der Waals surface area contributed by atoms with Gasteiger partial charge < -0.3 is 19.9 Å². The fourth-order valence-electron chi connectivity index (χ4n) is 4.25. The number of nitrogens with one attached hydrogen (secondary N) is 3. The third-order valence-electron chi connectivity index (χ3n) is 6.02. The Morgan fingerprint density at radius 1 is 1.15 bits per heavy atom. The van der Waals surface area contributed by atoms with Crippen LogP contribution in [-0.2, 0) is 11.4 Å². The summed E-state index contributed by atoms with van der Waals surface area (Å²) in [7, 11) is 1.61. The smallest absolute Gasteiger partial charge is 0.430 e. The van der Waals surface area contributed by atoms with E-state index >= 15 is 0 Å². The molecule has 0 radical (unpaired) electrons. The number of rotatable bonds is 6. The molecule has 0 bridgehead atoms. The van der Waals surface area contributed by atoms with E-state index in [-0.39, 0.29) is 0 Å². The maximum atomic E-state index is 12.5. The van der Waals surface area contributed by atoms with Gasteiger partial charge in [0.1, 0.15) is 5.75 Å². The Hall–Kier alpha value is -3.62. The molecule has 0 atom stereocenters. The first kappa shape index (κ1) is 21.2. The number of piperidine rings is 1. The second kappa shape index (κ2) is 9.48. The monoisotopic (exact) mass is 445 g/mol. The number of nitrogens with zero attached hydrogens (tertiary/aromatic N) is 2. The van der Waals surface area contributed by atoms with E-state index in [0.717, 1.165) is 35.8 Å². The fourth-order valence-corrected chi connectivity index (χ4v) is 4.25. The second-order valence-corrected chi connectivity index (χ2v) is 8.21. The Morgan fingerprint density at radius 2 is 2.00 bits per heavy atom. The molecule has 1 amide bonds. The number of anilines is 1. The van der Waals surface area contributed by atoms with Crippen LogP contribution in [0.1, 0.15) is 18.5 Å². The van der Waals surface area contributed by atoms with Crippen molar-refractivity contribution >= 4 is 33.6 Å². The maximum Gasteiger partial charge on any atom is 0.430 e. The molecule has 0 spiro atoms. The van der Waals surface area contributed by atoms with Gasteiger partial charge in [-0.1, -0.05) is 18.2 Å². The lowest BCUT2D eigenvalue weighted by Gasteiger charge is -2.30. The molecular formula is C25H27N5O3. The molecule has 170 valence electrons. The van der Waals surface area contributed by atoms with Crippen molar-refractivity contribution in [2.24, 2.45) is 0 Å². The van der Waals surface area contributed by atoms with Crippen LogP contribution in [0.15, 0.2) is 60.8 Å². The molecule has 8 heteroatoms. The number of H-pyrrole nitrogens is 1. The number of carbonyl (C=O) groups is 1. The van der Waals surface area contributed by atoms with Crippen molar-refractivity contribution in [1.82, 2.24) is 20.3 Å². The van der Waals surface area contributed by atoms with E-state index in [9.17, 15) is 4.79 Å². The molecule has 1 aliphatic rings. The zero-order valence-corrected chi connectivity index (χ0v) is 18.5. The average molecular weight is 446 g/mol. The highest BCUT2D eigenvalue weighted by Crippen LogP contribution is 2.26. The number of methoxy groups -OCH3 is 1. The summed E-state index contributed by atoms with van der Waals surface area (Å²) in [4.78, 5) is 25.8. The predicted molar refractivity (Wildman–Crippen MR) is 128 cm³/mol. The molecule has 1 aliphatic heterocycles. The van der Waals surface area contributed by atoms with Gasteiger partial charge in [0.05, 0.1) is 18.3 Å². The number of aromatic amines is 1. The predicted octanol–water partition coefficient (Wildman–Crippen LogP) is 4.44. The molecule has 5 rings (SSSR count). The first-order valence-corrected chi connectivity index (χ1v) is 11.1. The van der Waals surface area contributed by atoms with Crippen molar-refractivity contribution in [3.8, 4) is 5.75 Å². The number of ether oxygens (including phenoxy) is 1. The Balaban J connectivity index is 1.11. The van der Waals surface area contributed by atoms with Crippen molar-refractivity contribution in [1.29, 1.82) is 0 Å². The molecule has 8 nitrogen and oxygen atoms in total. The first-order valence-electron chi connectivity index (χ1n) is 11.1. The van der Waals surface area contributed by atoms with E-state index in [1.54, 1.807) is 24.4 Å². The highest BCUT2D eigenvalue weighted by Gasteiger charge is 2.22. The Bertz CT molecular complexity index is 1230. The molecule has 33 heavy (non-hydrogen) atoms. The van der Waals surface area contributed by atoms with Gasteiger partial charge in [0, 0.05) is 48.5 Å². The summed E-state index contributed by atoms with van der Waals surface area (Å²) in [6.45, 7) is 2.16. The molecule has 3 heterocycles. The molecule has 0 unspecified atom stereocenters. The molecule has 0 saturated carbocycles. The van der Waals surface area contributed by atoms with Gasteiger partial charge in [-0.25, -0.2) is 4.79 Å². The van der Waals surface area contributed by atoms with Crippen LogP contribution in [0, 0.1) is 0 Å². The van der Waals surface area contributed by atoms with Gasteiger partial charge in [-0.2, -0.15) is 0 Å². The summed E-state index contributed by atoms with van der Waals surface area (Å²) in [5, 5.41) is 10.2. The van der Waals surface area contributed by atoms with Crippen LogP contribution in [0.4, 0.5) is 10.5 Å². The van der Waals surface area contributed by atoms with Crippen molar-refractivity contribution in [2.75, 3.05) is 25.5 Å². The largest absolute Gasteiger partial charge is 0.497 e. The zero-order chi connectivity index (χ0) is 22.6. The minimum Gasteiger partial charge on any atom is -0.497 e. The van der Waals surface area contributed by atoms with Crippen molar-refractivity contribution in [2.45, 2.75) is 25.4 Å². The SMILES string of the molecule is COc1ccc2nccc(NC(=O)ON3CCC(NCc4cc5ccccc5[nH]4)CC3)c2c1. The van der Waals surface area contributed by atoms with E-state index in [1.165, 1.54) is 11.1 Å². The number of aromatic nitrogens is 2. The number of benzene rings is 2. The number of carbonyl (C=O) groups excluding carboxylic acids is 1. The van der Waals surface area contributed by atoms with Crippen LogP contribution in [-0.4, -0.2) is 47.4 Å². The fraction of sp³-hybridized carbons (Fsp3) is 0.280. The summed E-state index contributed by atoms with van der Waals surface area (Å²) in [5.41, 5.74) is 3.74. The maximum absolute atomic E-state index is 12.5. The Kier molecular flexibility index (Phi) is 6.10. The molecular weight excluding hydrogens is 418 g/mol. The van der Waals surface area contributed by atoms with Crippen LogP contribution >= 0.6 is 0 Å². The minimum absolute atomic E-state index is 0.385. The van der Waals surface area contributed by atoms with E-state index in [1.807, 2.05) is 30.3 Å². The van der Waals surface area contributed by atoms with Gasteiger partial charge in [0.2, 0.25) is 0 Å². The summed E-state index contributed by atoms with van der Waals surface area (Å²) in [5.74, 6) is 0.703. The summed E-state index contributed by atoms with van der Waals surface area (Å²) >= 11 is 0. The van der Waals surface area contributed by atoms with Gasteiger partial charge in [-0.15, -0.1) is 5.06 Å². The molecule has 1 fully saturated rings. The van der Waals surface area contributed by atoms with Crippen LogP contribution < -0.4 is 15.4 Å². The van der Waals surface area contributed by atoms with Crippen LogP contribution in [0.25, 0.3) is 21.8 Å². The van der Waals surface area contributed by atoms with Gasteiger partial charge in [-0.05, 0) is 54.6 Å². The van der Waals surface area contributed by atoms with E-state index in [4.69, 9.17) is 9.57 Å². The van der Waals surface area contributed by atoms with Crippen LogP contribution in [0.5, 0.6) is 5.75 Å². The van der Waals surface area contributed by atoms with Gasteiger partial charge in [0.15, 0.2) is 0 Å². The number of para-hydroxylation sites is 1. The summed E-state index contributed by atoms with van der Waals surface area (Å²) < 4.78 is 5.29. The van der Waals surface area contributed by atoms with Crippen molar-refractivity contribution in [3.63, 3.8) is 0 Å². The molecule has 1 saturated heterocycles. The molecule has 3 N–H and O–H groups in total. The van der Waals surface area contributed by atoms with Gasteiger partial charge in [0.25, 0.3) is 0 Å². The van der Waals surface area contributed by atoms with Gasteiger partial charge >= 0.3 is 6.09 Å².